The summed E-state index contributed by atoms with van der Waals surface area (Å²) in [6.07, 6.45) is 4.04. The fourth-order valence-electron chi connectivity index (χ4n) is 4.97. The fraction of sp³-hybridized carbons (Fsp3) is 0.133. The van der Waals surface area contributed by atoms with Crippen molar-refractivity contribution in [3.63, 3.8) is 0 Å². The minimum absolute atomic E-state index is 0.256. The first-order valence-electron chi connectivity index (χ1n) is 12.4. The van der Waals surface area contributed by atoms with Gasteiger partial charge in [0, 0.05) is 21.4 Å². The van der Waals surface area contributed by atoms with Crippen LogP contribution < -0.4 is 10.8 Å². The van der Waals surface area contributed by atoms with Gasteiger partial charge in [-0.15, -0.1) is 0 Å². The lowest BCUT2D eigenvalue weighted by molar-refractivity contribution is 0.518. The molecule has 0 saturated carbocycles. The maximum Gasteiger partial charge on any atom is 0.276 e. The molecule has 2 heterocycles. The Balaban J connectivity index is 1.75. The first-order valence-corrected chi connectivity index (χ1v) is 14.0. The van der Waals surface area contributed by atoms with Crippen molar-refractivity contribution in [3.8, 4) is 16.8 Å². The molecule has 5 aromatic rings. The number of pyridine rings is 1. The predicted molar refractivity (Wildman–Crippen MR) is 162 cm³/mol. The third-order valence-electron chi connectivity index (χ3n) is 6.63. The first-order chi connectivity index (χ1) is 18.6. The molecule has 1 aliphatic rings. The van der Waals surface area contributed by atoms with E-state index in [0.717, 1.165) is 63.7 Å². The van der Waals surface area contributed by atoms with Gasteiger partial charge in [0.15, 0.2) is 10.6 Å². The number of fused-ring (bicyclic) bond motifs is 2. The molecule has 38 heavy (non-hydrogen) atoms. The number of rotatable bonds is 3. The summed E-state index contributed by atoms with van der Waals surface area (Å²) in [5, 5.41) is 4.35. The number of hydrogen-bond donors (Lipinski definition) is 1. The highest BCUT2D eigenvalue weighted by Gasteiger charge is 2.24. The maximum absolute atomic E-state index is 6.28. The van der Waals surface area contributed by atoms with Crippen LogP contribution in [0.2, 0.25) is 0 Å². The van der Waals surface area contributed by atoms with E-state index in [1.54, 1.807) is 0 Å². The summed E-state index contributed by atoms with van der Waals surface area (Å²) in [4.78, 5) is 10.2. The van der Waals surface area contributed by atoms with E-state index >= 15 is 0 Å². The SMILES string of the molecule is S=C(/N=c1/c2c(-c3ccccc3Br)c3c(nc2oc(=S)n1-c1ccccc1)CCCC3)Nc1ccccc1. The standard InChI is InChI=1S/C30H23BrN4OS2/c31-23-17-9-7-15-21(23)25-22-16-8-10-18-24(22)33-28-26(25)27(34-29(37)32-19-11-3-1-4-12-19)35(30(38)36-28)20-13-5-2-6-14-20/h1-7,9,11-15,17H,8,10,16,18H2,(H,32,37)/b34-27-. The largest absolute Gasteiger partial charge is 0.411 e. The smallest absolute Gasteiger partial charge is 0.276 e. The third-order valence-corrected chi connectivity index (χ3v) is 7.78. The zero-order valence-corrected chi connectivity index (χ0v) is 23.6. The molecule has 0 atom stereocenters. The van der Waals surface area contributed by atoms with Gasteiger partial charge in [-0.2, -0.15) is 0 Å². The summed E-state index contributed by atoms with van der Waals surface area (Å²) in [5.74, 6) is 0. The monoisotopic (exact) mass is 598 g/mol. The average molecular weight is 600 g/mol. The minimum Gasteiger partial charge on any atom is -0.411 e. The Bertz CT molecular complexity index is 1800. The van der Waals surface area contributed by atoms with Crippen LogP contribution in [0, 0.1) is 4.84 Å². The van der Waals surface area contributed by atoms with Gasteiger partial charge in [0.05, 0.1) is 11.1 Å². The summed E-state index contributed by atoms with van der Waals surface area (Å²) in [7, 11) is 0. The van der Waals surface area contributed by atoms with Gasteiger partial charge in [-0.1, -0.05) is 70.5 Å². The van der Waals surface area contributed by atoms with Crippen LogP contribution in [0.25, 0.3) is 27.9 Å². The maximum atomic E-state index is 6.28. The van der Waals surface area contributed by atoms with Crippen LogP contribution in [0.3, 0.4) is 0 Å². The van der Waals surface area contributed by atoms with Gasteiger partial charge in [-0.25, -0.2) is 9.98 Å². The number of hydrogen-bond acceptors (Lipinski definition) is 4. The lowest BCUT2D eigenvalue weighted by atomic mass is 9.87. The molecule has 0 fully saturated rings. The number of benzene rings is 3. The van der Waals surface area contributed by atoms with E-state index in [1.165, 1.54) is 5.56 Å². The zero-order valence-electron chi connectivity index (χ0n) is 20.4. The van der Waals surface area contributed by atoms with Crippen molar-refractivity contribution < 1.29 is 4.42 Å². The van der Waals surface area contributed by atoms with Crippen LogP contribution in [-0.2, 0) is 12.8 Å². The molecule has 0 unspecified atom stereocenters. The van der Waals surface area contributed by atoms with E-state index in [-0.39, 0.29) is 4.84 Å². The molecule has 3 aromatic carbocycles. The molecule has 0 radical (unpaired) electrons. The van der Waals surface area contributed by atoms with Crippen LogP contribution in [0.5, 0.6) is 0 Å². The molecule has 2 aromatic heterocycles. The summed E-state index contributed by atoms with van der Waals surface area (Å²) < 4.78 is 9.12. The molecule has 0 spiro atoms. The molecular formula is C30H23BrN4OS2. The molecule has 188 valence electrons. The van der Waals surface area contributed by atoms with E-state index in [4.69, 9.17) is 38.8 Å². The van der Waals surface area contributed by atoms with E-state index in [0.29, 0.717) is 16.3 Å². The van der Waals surface area contributed by atoms with Gasteiger partial charge >= 0.3 is 0 Å². The van der Waals surface area contributed by atoms with Crippen LogP contribution in [0.15, 0.2) is 98.8 Å². The summed E-state index contributed by atoms with van der Waals surface area (Å²) in [6, 6.07) is 27.9. The predicted octanol–water partition coefficient (Wildman–Crippen LogP) is 7.95. The van der Waals surface area contributed by atoms with Crippen molar-refractivity contribution >= 4 is 62.3 Å². The Labute approximate surface area is 239 Å². The molecule has 0 aliphatic heterocycles. The van der Waals surface area contributed by atoms with Crippen molar-refractivity contribution in [2.24, 2.45) is 4.99 Å². The Hall–Kier alpha value is -3.46. The molecule has 5 nitrogen and oxygen atoms in total. The third kappa shape index (κ3) is 4.75. The number of halogens is 1. The number of nitrogens with one attached hydrogen (secondary N) is 1. The van der Waals surface area contributed by atoms with Crippen molar-refractivity contribution in [1.29, 1.82) is 0 Å². The topological polar surface area (TPSA) is 55.4 Å². The van der Waals surface area contributed by atoms with Gasteiger partial charge < -0.3 is 9.73 Å². The number of aryl methyl sites for hydroxylation is 1. The van der Waals surface area contributed by atoms with Gasteiger partial charge in [-0.3, -0.25) is 4.57 Å². The number of para-hydroxylation sites is 2. The Morgan fingerprint density at radius 1 is 0.921 bits per heavy atom. The van der Waals surface area contributed by atoms with Crippen molar-refractivity contribution in [3.05, 3.63) is 111 Å². The molecular weight excluding hydrogens is 576 g/mol. The minimum atomic E-state index is 0.256. The Morgan fingerprint density at radius 3 is 2.37 bits per heavy atom. The number of thiocarbonyl (C=S) groups is 1. The molecule has 0 saturated heterocycles. The summed E-state index contributed by atoms with van der Waals surface area (Å²) >= 11 is 15.3. The van der Waals surface area contributed by atoms with Crippen LogP contribution in [0.4, 0.5) is 5.69 Å². The van der Waals surface area contributed by atoms with Gasteiger partial charge in [-0.05, 0) is 91.6 Å². The second kappa shape index (κ2) is 10.7. The normalized spacial score (nSPS) is 13.3. The number of nitrogens with zero attached hydrogens (tertiary/aromatic N) is 3. The Kier molecular flexibility index (Phi) is 7.02. The highest BCUT2D eigenvalue weighted by molar-refractivity contribution is 9.10. The van der Waals surface area contributed by atoms with E-state index in [2.05, 4.69) is 33.4 Å². The molecule has 0 bridgehead atoms. The summed E-state index contributed by atoms with van der Waals surface area (Å²) in [5.41, 5.74) is 7.14. The van der Waals surface area contributed by atoms with Crippen LogP contribution in [0.1, 0.15) is 24.1 Å². The lowest BCUT2D eigenvalue weighted by Gasteiger charge is -2.22. The summed E-state index contributed by atoms with van der Waals surface area (Å²) in [6.45, 7) is 0. The molecule has 6 rings (SSSR count). The number of aromatic nitrogens is 2. The van der Waals surface area contributed by atoms with E-state index in [1.807, 2.05) is 77.4 Å². The second-order valence-electron chi connectivity index (χ2n) is 9.05. The van der Waals surface area contributed by atoms with Crippen molar-refractivity contribution in [1.82, 2.24) is 9.55 Å². The highest BCUT2D eigenvalue weighted by Crippen LogP contribution is 2.38. The first kappa shape index (κ1) is 24.9. The van der Waals surface area contributed by atoms with E-state index < -0.39 is 0 Å². The van der Waals surface area contributed by atoms with Crippen molar-refractivity contribution in [2.75, 3.05) is 5.32 Å². The average Bonchev–Trinajstić information content (AvgIpc) is 2.93. The second-order valence-corrected chi connectivity index (χ2v) is 10.6. The quantitative estimate of drug-likeness (QED) is 0.213. The fourth-order valence-corrected chi connectivity index (χ4v) is 5.93. The highest BCUT2D eigenvalue weighted by atomic mass is 79.9. The molecule has 0 amide bonds. The van der Waals surface area contributed by atoms with Gasteiger partial charge in [0.1, 0.15) is 0 Å². The molecule has 1 N–H and O–H groups in total. The Morgan fingerprint density at radius 2 is 1.61 bits per heavy atom. The van der Waals surface area contributed by atoms with E-state index in [9.17, 15) is 0 Å². The lowest BCUT2D eigenvalue weighted by Crippen LogP contribution is -2.26. The van der Waals surface area contributed by atoms with Crippen LogP contribution >= 0.6 is 40.4 Å². The van der Waals surface area contributed by atoms with Crippen molar-refractivity contribution in [2.45, 2.75) is 25.7 Å². The van der Waals surface area contributed by atoms with Crippen LogP contribution in [-0.4, -0.2) is 14.7 Å². The van der Waals surface area contributed by atoms with Gasteiger partial charge in [0.2, 0.25) is 5.71 Å². The number of anilines is 1. The zero-order chi connectivity index (χ0) is 26.1. The molecule has 1 aliphatic carbocycles. The van der Waals surface area contributed by atoms with Gasteiger partial charge in [0.25, 0.3) is 4.84 Å². The molecule has 8 heteroatoms.